The normalized spacial score (nSPS) is 12.3. The summed E-state index contributed by atoms with van der Waals surface area (Å²) < 4.78 is 16.7. The van der Waals surface area contributed by atoms with E-state index in [9.17, 15) is 4.79 Å². The van der Waals surface area contributed by atoms with Crippen LogP contribution in [0.2, 0.25) is 15.1 Å². The molecule has 3 aromatic rings. The molecule has 4 rings (SSSR count). The first kappa shape index (κ1) is 22.3. The molecule has 5 nitrogen and oxygen atoms in total. The van der Waals surface area contributed by atoms with E-state index in [0.29, 0.717) is 44.3 Å². The summed E-state index contributed by atoms with van der Waals surface area (Å²) in [5.41, 5.74) is 3.05. The van der Waals surface area contributed by atoms with Crippen molar-refractivity contribution in [2.45, 2.75) is 13.0 Å². The largest absolute Gasteiger partial charge is 0.489 e. The molecule has 0 atom stereocenters. The Morgan fingerprint density at radius 2 is 1.69 bits per heavy atom. The first-order chi connectivity index (χ1) is 15.4. The number of fused-ring (bicyclic) bond motifs is 1. The van der Waals surface area contributed by atoms with E-state index in [0.717, 1.165) is 22.8 Å². The summed E-state index contributed by atoms with van der Waals surface area (Å²) in [6, 6.07) is 14.2. The van der Waals surface area contributed by atoms with Crippen LogP contribution in [0.5, 0.6) is 17.2 Å². The number of carboxylic acid groups (broad SMARTS) is 1. The van der Waals surface area contributed by atoms with Crippen molar-refractivity contribution < 1.29 is 24.1 Å². The van der Waals surface area contributed by atoms with Gasteiger partial charge < -0.3 is 19.3 Å². The average Bonchev–Trinajstić information content (AvgIpc) is 3.20. The van der Waals surface area contributed by atoms with Crippen LogP contribution in [0.25, 0.3) is 6.08 Å². The summed E-state index contributed by atoms with van der Waals surface area (Å²) in [6.07, 6.45) is 3.05. The predicted molar refractivity (Wildman–Crippen MR) is 124 cm³/mol. The van der Waals surface area contributed by atoms with Gasteiger partial charge in [0.1, 0.15) is 12.4 Å². The molecule has 0 spiro atoms. The lowest BCUT2D eigenvalue weighted by atomic mass is 9.98. The Hall–Kier alpha value is -2.86. The second kappa shape index (κ2) is 9.74. The Morgan fingerprint density at radius 1 is 0.969 bits per heavy atom. The van der Waals surface area contributed by atoms with Crippen LogP contribution < -0.4 is 14.2 Å². The zero-order valence-corrected chi connectivity index (χ0v) is 18.9. The molecule has 1 aliphatic heterocycles. The monoisotopic (exact) mass is 490 g/mol. The number of halogens is 3. The molecule has 32 heavy (non-hydrogen) atoms. The molecule has 0 fully saturated rings. The van der Waals surface area contributed by atoms with Crippen molar-refractivity contribution in [3.63, 3.8) is 0 Å². The van der Waals surface area contributed by atoms with E-state index in [-0.39, 0.29) is 13.4 Å². The van der Waals surface area contributed by atoms with Crippen LogP contribution in [-0.2, 0) is 17.8 Å². The van der Waals surface area contributed by atoms with Gasteiger partial charge in [0.05, 0.1) is 0 Å². The maximum atomic E-state index is 11.0. The van der Waals surface area contributed by atoms with Crippen molar-refractivity contribution in [2.24, 2.45) is 0 Å². The first-order valence-electron chi connectivity index (χ1n) is 9.58. The number of carboxylic acids is 1. The van der Waals surface area contributed by atoms with Crippen LogP contribution in [0.4, 0.5) is 0 Å². The van der Waals surface area contributed by atoms with Crippen molar-refractivity contribution in [3.8, 4) is 17.2 Å². The summed E-state index contributed by atoms with van der Waals surface area (Å²) in [6.45, 7) is 0.336. The lowest BCUT2D eigenvalue weighted by molar-refractivity contribution is -0.131. The molecule has 0 radical (unpaired) electrons. The summed E-state index contributed by atoms with van der Waals surface area (Å²) >= 11 is 18.9. The molecule has 0 saturated carbocycles. The molecule has 0 bridgehead atoms. The Kier molecular flexibility index (Phi) is 6.80. The highest BCUT2D eigenvalue weighted by Gasteiger charge is 2.17. The van der Waals surface area contributed by atoms with Gasteiger partial charge in [0, 0.05) is 32.8 Å². The molecule has 3 aromatic carbocycles. The number of hydrogen-bond donors (Lipinski definition) is 1. The van der Waals surface area contributed by atoms with Crippen LogP contribution in [0.1, 0.15) is 22.3 Å². The molecular weight excluding hydrogens is 475 g/mol. The molecule has 8 heteroatoms. The molecule has 0 saturated heterocycles. The minimum absolute atomic E-state index is 0.148. The van der Waals surface area contributed by atoms with Gasteiger partial charge in [-0.25, -0.2) is 4.79 Å². The minimum Gasteiger partial charge on any atom is -0.489 e. The van der Waals surface area contributed by atoms with Crippen molar-refractivity contribution in [1.29, 1.82) is 0 Å². The highest BCUT2D eigenvalue weighted by Crippen LogP contribution is 2.38. The number of rotatable bonds is 7. The van der Waals surface area contributed by atoms with Gasteiger partial charge in [-0.2, -0.15) is 0 Å². The minimum atomic E-state index is -1.04. The predicted octanol–water partition coefficient (Wildman–Crippen LogP) is 6.64. The van der Waals surface area contributed by atoms with E-state index >= 15 is 0 Å². The fraction of sp³-hybridized carbons (Fsp3) is 0.125. The number of hydrogen-bond acceptors (Lipinski definition) is 4. The smallest absolute Gasteiger partial charge is 0.328 e. The van der Waals surface area contributed by atoms with Gasteiger partial charge in [-0.15, -0.1) is 0 Å². The zero-order valence-electron chi connectivity index (χ0n) is 16.6. The maximum absolute atomic E-state index is 11.0. The molecule has 0 aromatic heterocycles. The lowest BCUT2D eigenvalue weighted by Crippen LogP contribution is -2.00. The fourth-order valence-corrected chi connectivity index (χ4v) is 4.00. The maximum Gasteiger partial charge on any atom is 0.328 e. The van der Waals surface area contributed by atoms with E-state index in [4.69, 9.17) is 54.1 Å². The van der Waals surface area contributed by atoms with Crippen LogP contribution in [0.15, 0.2) is 54.6 Å². The Bertz CT molecular complexity index is 1190. The molecule has 0 aliphatic carbocycles. The van der Waals surface area contributed by atoms with Gasteiger partial charge in [-0.05, 0) is 59.5 Å². The SMILES string of the molecule is O=C(O)/C=C/c1ccc(OCc2c(Cl)cccc2Cl)cc1Cc1cc2c(cc1Cl)OCO2. The molecule has 0 amide bonds. The molecule has 1 heterocycles. The van der Waals surface area contributed by atoms with Crippen LogP contribution in [0.3, 0.4) is 0 Å². The van der Waals surface area contributed by atoms with Crippen molar-refractivity contribution in [2.75, 3.05) is 6.79 Å². The summed E-state index contributed by atoms with van der Waals surface area (Å²) in [5, 5.41) is 10.6. The fourth-order valence-electron chi connectivity index (χ4n) is 3.27. The number of ether oxygens (including phenoxy) is 3. The molecule has 0 unspecified atom stereocenters. The number of aliphatic carboxylic acids is 1. The number of carbonyl (C=O) groups is 1. The van der Waals surface area contributed by atoms with Crippen LogP contribution in [-0.4, -0.2) is 17.9 Å². The first-order valence-corrected chi connectivity index (χ1v) is 10.7. The lowest BCUT2D eigenvalue weighted by Gasteiger charge is -2.13. The molecular formula is C24H17Cl3O5. The summed E-state index contributed by atoms with van der Waals surface area (Å²) in [4.78, 5) is 11.0. The Labute approximate surface area is 199 Å². The van der Waals surface area contributed by atoms with Gasteiger partial charge >= 0.3 is 5.97 Å². The number of benzene rings is 3. The summed E-state index contributed by atoms with van der Waals surface area (Å²) in [7, 11) is 0. The third-order valence-corrected chi connectivity index (χ3v) is 5.95. The van der Waals surface area contributed by atoms with E-state index in [2.05, 4.69) is 0 Å². The van der Waals surface area contributed by atoms with E-state index in [1.54, 1.807) is 36.4 Å². The molecule has 164 valence electrons. The van der Waals surface area contributed by atoms with Crippen LogP contribution >= 0.6 is 34.8 Å². The zero-order chi connectivity index (χ0) is 22.7. The van der Waals surface area contributed by atoms with Crippen LogP contribution in [0, 0.1) is 0 Å². The second-order valence-corrected chi connectivity index (χ2v) is 8.22. The second-order valence-electron chi connectivity index (χ2n) is 6.99. The van der Waals surface area contributed by atoms with Gasteiger partial charge in [0.25, 0.3) is 0 Å². The van der Waals surface area contributed by atoms with E-state index in [1.165, 1.54) is 6.08 Å². The molecule has 1 N–H and O–H groups in total. The van der Waals surface area contributed by atoms with Gasteiger partial charge in [-0.3, -0.25) is 0 Å². The average molecular weight is 492 g/mol. The quantitative estimate of drug-likeness (QED) is 0.375. The Balaban J connectivity index is 1.63. The summed E-state index contributed by atoms with van der Waals surface area (Å²) in [5.74, 6) is 0.761. The van der Waals surface area contributed by atoms with E-state index in [1.807, 2.05) is 12.1 Å². The van der Waals surface area contributed by atoms with Gasteiger partial charge in [-0.1, -0.05) is 46.9 Å². The highest BCUT2D eigenvalue weighted by molar-refractivity contribution is 6.36. The highest BCUT2D eigenvalue weighted by atomic mass is 35.5. The van der Waals surface area contributed by atoms with E-state index < -0.39 is 5.97 Å². The van der Waals surface area contributed by atoms with Gasteiger partial charge in [0.2, 0.25) is 6.79 Å². The van der Waals surface area contributed by atoms with Gasteiger partial charge in [0.15, 0.2) is 11.5 Å². The topological polar surface area (TPSA) is 65.0 Å². The van der Waals surface area contributed by atoms with Crippen molar-refractivity contribution >= 4 is 46.8 Å². The standard InChI is InChI=1S/C24H17Cl3O5/c25-19-2-1-3-20(26)18(19)12-30-17-6-4-14(5-7-24(28)29)15(9-17)8-16-10-22-23(11-21(16)27)32-13-31-22/h1-7,9-11H,8,12-13H2,(H,28,29)/b7-5+. The third kappa shape index (κ3) is 5.13. The Morgan fingerprint density at radius 3 is 2.41 bits per heavy atom. The third-order valence-electron chi connectivity index (χ3n) is 4.89. The van der Waals surface area contributed by atoms with Crippen molar-refractivity contribution in [3.05, 3.63) is 91.9 Å². The van der Waals surface area contributed by atoms with Crippen molar-refractivity contribution in [1.82, 2.24) is 0 Å². The molecule has 1 aliphatic rings.